The highest BCUT2D eigenvalue weighted by atomic mass is 35.5. The van der Waals surface area contributed by atoms with E-state index in [1.807, 2.05) is 0 Å². The SMILES string of the molecule is O=C(O)CNC(=O)CNC(=O)Cn1nc(-c2ccc(Cl)cc2)ccc1=O. The fraction of sp³-hybridized carbons (Fsp3) is 0.188. The minimum atomic E-state index is -1.19. The zero-order valence-electron chi connectivity index (χ0n) is 13.4. The predicted molar refractivity (Wildman–Crippen MR) is 92.6 cm³/mol. The maximum atomic E-state index is 11.9. The van der Waals surface area contributed by atoms with Crippen molar-refractivity contribution >= 4 is 29.4 Å². The smallest absolute Gasteiger partial charge is 0.322 e. The van der Waals surface area contributed by atoms with Gasteiger partial charge in [0.05, 0.1) is 12.2 Å². The third kappa shape index (κ3) is 5.71. The number of rotatable bonds is 7. The normalized spacial score (nSPS) is 10.2. The second kappa shape index (κ2) is 8.77. The molecule has 0 fully saturated rings. The molecule has 0 spiro atoms. The number of aliphatic carboxylic acids is 1. The Bertz CT molecular complexity index is 879. The van der Waals surface area contributed by atoms with E-state index >= 15 is 0 Å². The first-order chi connectivity index (χ1) is 12.3. The molecule has 136 valence electrons. The van der Waals surface area contributed by atoms with E-state index in [1.165, 1.54) is 12.1 Å². The van der Waals surface area contributed by atoms with Crippen molar-refractivity contribution in [2.24, 2.45) is 0 Å². The lowest BCUT2D eigenvalue weighted by Crippen LogP contribution is -2.41. The minimum Gasteiger partial charge on any atom is -0.480 e. The summed E-state index contributed by atoms with van der Waals surface area (Å²) < 4.78 is 0.967. The van der Waals surface area contributed by atoms with Crippen molar-refractivity contribution in [3.63, 3.8) is 0 Å². The molecule has 2 amide bonds. The topological polar surface area (TPSA) is 130 Å². The van der Waals surface area contributed by atoms with Crippen molar-refractivity contribution in [2.45, 2.75) is 6.54 Å². The van der Waals surface area contributed by atoms with Gasteiger partial charge in [0.2, 0.25) is 11.8 Å². The van der Waals surface area contributed by atoms with E-state index in [2.05, 4.69) is 15.7 Å². The molecule has 1 aromatic carbocycles. The lowest BCUT2D eigenvalue weighted by atomic mass is 10.1. The Balaban J connectivity index is 2.00. The van der Waals surface area contributed by atoms with E-state index in [0.29, 0.717) is 10.7 Å². The van der Waals surface area contributed by atoms with Crippen molar-refractivity contribution in [1.29, 1.82) is 0 Å². The molecule has 3 N–H and O–H groups in total. The van der Waals surface area contributed by atoms with Crippen molar-refractivity contribution in [3.8, 4) is 11.3 Å². The van der Waals surface area contributed by atoms with E-state index in [-0.39, 0.29) is 6.54 Å². The fourth-order valence-electron chi connectivity index (χ4n) is 1.94. The lowest BCUT2D eigenvalue weighted by Gasteiger charge is -2.08. The minimum absolute atomic E-state index is 0.382. The Morgan fingerprint density at radius 3 is 2.31 bits per heavy atom. The number of carbonyl (C=O) groups excluding carboxylic acids is 2. The van der Waals surface area contributed by atoms with Crippen LogP contribution in [0.5, 0.6) is 0 Å². The Hall–Kier alpha value is -3.20. The third-order valence-corrected chi connectivity index (χ3v) is 3.43. The molecule has 0 saturated heterocycles. The van der Waals surface area contributed by atoms with Gasteiger partial charge in [-0.2, -0.15) is 5.10 Å². The number of benzene rings is 1. The van der Waals surface area contributed by atoms with Crippen LogP contribution in [0.4, 0.5) is 0 Å². The molecule has 0 saturated carbocycles. The van der Waals surface area contributed by atoms with Gasteiger partial charge in [0, 0.05) is 16.7 Å². The van der Waals surface area contributed by atoms with Gasteiger partial charge < -0.3 is 15.7 Å². The highest BCUT2D eigenvalue weighted by Gasteiger charge is 2.10. The van der Waals surface area contributed by atoms with E-state index in [1.54, 1.807) is 24.3 Å². The average Bonchev–Trinajstić information content (AvgIpc) is 2.61. The molecule has 10 heteroatoms. The molecule has 0 bridgehead atoms. The van der Waals surface area contributed by atoms with Gasteiger partial charge in [0.15, 0.2) is 0 Å². The zero-order chi connectivity index (χ0) is 19.1. The van der Waals surface area contributed by atoms with Crippen LogP contribution >= 0.6 is 11.6 Å². The summed E-state index contributed by atoms with van der Waals surface area (Å²) in [4.78, 5) is 45.4. The number of hydrogen-bond donors (Lipinski definition) is 3. The molecule has 0 radical (unpaired) electrons. The van der Waals surface area contributed by atoms with Gasteiger partial charge in [-0.25, -0.2) is 4.68 Å². The summed E-state index contributed by atoms with van der Waals surface area (Å²) in [6.45, 7) is -1.33. The van der Waals surface area contributed by atoms with Crippen LogP contribution in [0.15, 0.2) is 41.2 Å². The first-order valence-corrected chi connectivity index (χ1v) is 7.82. The Kier molecular flexibility index (Phi) is 6.45. The molecule has 1 aromatic heterocycles. The van der Waals surface area contributed by atoms with E-state index in [4.69, 9.17) is 16.7 Å². The number of aromatic nitrogens is 2. The first kappa shape index (κ1) is 19.1. The molecule has 0 unspecified atom stereocenters. The van der Waals surface area contributed by atoms with E-state index < -0.39 is 36.4 Å². The highest BCUT2D eigenvalue weighted by molar-refractivity contribution is 6.30. The van der Waals surface area contributed by atoms with Crippen LogP contribution in [0.2, 0.25) is 5.02 Å². The monoisotopic (exact) mass is 378 g/mol. The molecule has 0 aliphatic carbocycles. The maximum absolute atomic E-state index is 11.9. The van der Waals surface area contributed by atoms with E-state index in [9.17, 15) is 19.2 Å². The van der Waals surface area contributed by atoms with Crippen LogP contribution in [0.1, 0.15) is 0 Å². The standard InChI is InChI=1S/C16H15ClN4O5/c17-11-3-1-10(2-4-11)12-5-6-15(24)21(20-12)9-14(23)18-7-13(22)19-8-16(25)26/h1-6H,7-9H2,(H,18,23)(H,19,22)(H,25,26). The first-order valence-electron chi connectivity index (χ1n) is 7.44. The van der Waals surface area contributed by atoms with Gasteiger partial charge in [-0.1, -0.05) is 23.7 Å². The molecule has 26 heavy (non-hydrogen) atoms. The number of hydrogen-bond acceptors (Lipinski definition) is 5. The summed E-state index contributed by atoms with van der Waals surface area (Å²) in [6.07, 6.45) is 0. The molecular formula is C16H15ClN4O5. The van der Waals surface area contributed by atoms with Gasteiger partial charge in [0.1, 0.15) is 13.1 Å². The predicted octanol–water partition coefficient (Wildman–Crippen LogP) is -0.119. The average molecular weight is 379 g/mol. The lowest BCUT2D eigenvalue weighted by molar-refractivity contribution is -0.137. The molecule has 1 heterocycles. The number of carbonyl (C=O) groups is 3. The van der Waals surface area contributed by atoms with Crippen molar-refractivity contribution in [1.82, 2.24) is 20.4 Å². The number of nitrogens with one attached hydrogen (secondary N) is 2. The van der Waals surface area contributed by atoms with Crippen LogP contribution < -0.4 is 16.2 Å². The molecule has 0 aliphatic heterocycles. The van der Waals surface area contributed by atoms with E-state index in [0.717, 1.165) is 10.2 Å². The summed E-state index contributed by atoms with van der Waals surface area (Å²) in [5, 5.41) is 17.5. The third-order valence-electron chi connectivity index (χ3n) is 3.18. The van der Waals surface area contributed by atoms with Crippen LogP contribution in [-0.2, 0) is 20.9 Å². The number of carboxylic acid groups (broad SMARTS) is 1. The maximum Gasteiger partial charge on any atom is 0.322 e. The fourth-order valence-corrected chi connectivity index (χ4v) is 2.07. The van der Waals surface area contributed by atoms with Crippen molar-refractivity contribution in [2.75, 3.05) is 13.1 Å². The molecular weight excluding hydrogens is 364 g/mol. The second-order valence-electron chi connectivity index (χ2n) is 5.17. The molecule has 2 rings (SSSR count). The number of carboxylic acids is 1. The summed E-state index contributed by atoms with van der Waals surface area (Å²) in [5.41, 5.74) is 0.720. The number of halogens is 1. The molecule has 2 aromatic rings. The molecule has 0 atom stereocenters. The van der Waals surface area contributed by atoms with Crippen LogP contribution in [0, 0.1) is 0 Å². The van der Waals surface area contributed by atoms with Gasteiger partial charge in [-0.05, 0) is 18.2 Å². The van der Waals surface area contributed by atoms with Crippen LogP contribution in [-0.4, -0.2) is 45.8 Å². The summed E-state index contributed by atoms with van der Waals surface area (Å²) in [7, 11) is 0. The number of nitrogens with zero attached hydrogens (tertiary/aromatic N) is 2. The van der Waals surface area contributed by atoms with Crippen molar-refractivity contribution < 1.29 is 19.5 Å². The van der Waals surface area contributed by atoms with Gasteiger partial charge in [0.25, 0.3) is 5.56 Å². The van der Waals surface area contributed by atoms with Gasteiger partial charge in [-0.3, -0.25) is 19.2 Å². The zero-order valence-corrected chi connectivity index (χ0v) is 14.2. The largest absolute Gasteiger partial charge is 0.480 e. The quantitative estimate of drug-likeness (QED) is 0.615. The molecule has 9 nitrogen and oxygen atoms in total. The Labute approximate surface area is 152 Å². The Morgan fingerprint density at radius 2 is 1.65 bits per heavy atom. The number of amides is 2. The second-order valence-corrected chi connectivity index (χ2v) is 5.60. The van der Waals surface area contributed by atoms with Crippen LogP contribution in [0.3, 0.4) is 0 Å². The van der Waals surface area contributed by atoms with Gasteiger partial charge >= 0.3 is 5.97 Å². The highest BCUT2D eigenvalue weighted by Crippen LogP contribution is 2.18. The summed E-state index contributed by atoms with van der Waals surface area (Å²) >= 11 is 5.83. The van der Waals surface area contributed by atoms with Gasteiger partial charge in [-0.15, -0.1) is 0 Å². The summed E-state index contributed by atoms with van der Waals surface area (Å²) in [5.74, 6) is -2.46. The Morgan fingerprint density at radius 1 is 1.00 bits per heavy atom. The molecule has 0 aliphatic rings. The van der Waals surface area contributed by atoms with Crippen LogP contribution in [0.25, 0.3) is 11.3 Å². The summed E-state index contributed by atoms with van der Waals surface area (Å²) in [6, 6.07) is 9.62. The van der Waals surface area contributed by atoms with Crippen molar-refractivity contribution in [3.05, 3.63) is 51.8 Å².